The van der Waals surface area contributed by atoms with Crippen LogP contribution in [0.2, 0.25) is 0 Å². The van der Waals surface area contributed by atoms with Crippen molar-refractivity contribution in [1.29, 1.82) is 0 Å². The Kier molecular flexibility index (Phi) is 6.92. The first-order chi connectivity index (χ1) is 9.21. The number of aliphatic hydroxyl groups excluding tert-OH is 2. The molecule has 5 nitrogen and oxygen atoms in total. The summed E-state index contributed by atoms with van der Waals surface area (Å²) >= 11 is 0. The number of carbonyl (C=O) groups excluding carboxylic acids is 1. The van der Waals surface area contributed by atoms with Gasteiger partial charge < -0.3 is 19.8 Å². The fourth-order valence-electron chi connectivity index (χ4n) is 1.66. The second-order valence-electron chi connectivity index (χ2n) is 4.11. The Balaban J connectivity index is 2.46. The molecule has 19 heavy (non-hydrogen) atoms. The normalized spacial score (nSPS) is 10.3. The third-order valence-corrected chi connectivity index (χ3v) is 2.79. The van der Waals surface area contributed by atoms with Gasteiger partial charge in [-0.3, -0.25) is 4.79 Å². The summed E-state index contributed by atoms with van der Waals surface area (Å²) in [6, 6.07) is 7.57. The first-order valence-corrected chi connectivity index (χ1v) is 6.42. The van der Waals surface area contributed by atoms with Gasteiger partial charge in [0.25, 0.3) is 5.91 Å². The molecule has 0 aromatic heterocycles. The number of hydrogen-bond acceptors (Lipinski definition) is 4. The first kappa shape index (κ1) is 15.5. The topological polar surface area (TPSA) is 70.0 Å². The average Bonchev–Trinajstić information content (AvgIpc) is 2.45. The van der Waals surface area contributed by atoms with Crippen LogP contribution in [0.4, 0.5) is 0 Å². The minimum atomic E-state index is -0.248. The minimum Gasteiger partial charge on any atom is -0.484 e. The van der Waals surface area contributed by atoms with Crippen molar-refractivity contribution < 1.29 is 19.7 Å². The third kappa shape index (κ3) is 5.28. The molecule has 106 valence electrons. The number of amides is 1. The predicted molar refractivity (Wildman–Crippen MR) is 72.1 cm³/mol. The van der Waals surface area contributed by atoms with Gasteiger partial charge in [0.1, 0.15) is 5.75 Å². The molecule has 0 aliphatic heterocycles. The zero-order valence-electron chi connectivity index (χ0n) is 11.2. The van der Waals surface area contributed by atoms with Crippen molar-refractivity contribution in [3.05, 3.63) is 29.8 Å². The van der Waals surface area contributed by atoms with Crippen LogP contribution in [0.3, 0.4) is 0 Å². The Morgan fingerprint density at radius 1 is 1.16 bits per heavy atom. The highest BCUT2D eigenvalue weighted by Crippen LogP contribution is 2.12. The monoisotopic (exact) mass is 267 g/mol. The van der Waals surface area contributed by atoms with E-state index in [-0.39, 0.29) is 38.8 Å². The average molecular weight is 267 g/mol. The lowest BCUT2D eigenvalue weighted by atomic mass is 10.2. The van der Waals surface area contributed by atoms with Gasteiger partial charge in [0, 0.05) is 13.1 Å². The minimum absolute atomic E-state index is 0.0918. The second-order valence-corrected chi connectivity index (χ2v) is 4.11. The molecule has 0 heterocycles. The Bertz CT molecular complexity index is 372. The molecule has 1 rings (SSSR count). The van der Waals surface area contributed by atoms with Gasteiger partial charge in [-0.25, -0.2) is 0 Å². The van der Waals surface area contributed by atoms with E-state index in [0.29, 0.717) is 5.75 Å². The lowest BCUT2D eigenvalue weighted by molar-refractivity contribution is -0.134. The van der Waals surface area contributed by atoms with Crippen molar-refractivity contribution in [3.8, 4) is 5.75 Å². The number of rotatable bonds is 8. The van der Waals surface area contributed by atoms with E-state index >= 15 is 0 Å². The van der Waals surface area contributed by atoms with Gasteiger partial charge in [-0.05, 0) is 24.1 Å². The van der Waals surface area contributed by atoms with Crippen LogP contribution < -0.4 is 4.74 Å². The molecule has 0 bridgehead atoms. The van der Waals surface area contributed by atoms with E-state index in [4.69, 9.17) is 14.9 Å². The fourth-order valence-corrected chi connectivity index (χ4v) is 1.66. The molecular formula is C14H21NO4. The Labute approximate surface area is 113 Å². The van der Waals surface area contributed by atoms with E-state index in [0.717, 1.165) is 6.42 Å². The Morgan fingerprint density at radius 3 is 2.21 bits per heavy atom. The molecule has 0 spiro atoms. The summed E-state index contributed by atoms with van der Waals surface area (Å²) in [7, 11) is 0. The number of nitrogens with zero attached hydrogens (tertiary/aromatic N) is 1. The van der Waals surface area contributed by atoms with Crippen LogP contribution in [-0.4, -0.2) is 53.9 Å². The largest absolute Gasteiger partial charge is 0.484 e. The fraction of sp³-hybridized carbons (Fsp3) is 0.500. The Hall–Kier alpha value is -1.59. The van der Waals surface area contributed by atoms with Crippen LogP contribution in [0.25, 0.3) is 0 Å². The number of hydrogen-bond donors (Lipinski definition) is 2. The van der Waals surface area contributed by atoms with Crippen molar-refractivity contribution in [2.45, 2.75) is 13.3 Å². The summed E-state index contributed by atoms with van der Waals surface area (Å²) in [6.45, 7) is 2.13. The summed E-state index contributed by atoms with van der Waals surface area (Å²) in [4.78, 5) is 13.2. The van der Waals surface area contributed by atoms with Crippen LogP contribution >= 0.6 is 0 Å². The highest BCUT2D eigenvalue weighted by Gasteiger charge is 2.12. The lowest BCUT2D eigenvalue weighted by Crippen LogP contribution is -2.38. The van der Waals surface area contributed by atoms with Crippen molar-refractivity contribution in [1.82, 2.24) is 4.90 Å². The first-order valence-electron chi connectivity index (χ1n) is 6.42. The summed E-state index contributed by atoms with van der Waals surface area (Å²) in [6.07, 6.45) is 0.958. The predicted octanol–water partition coefficient (Wildman–Crippen LogP) is 0.441. The summed E-state index contributed by atoms with van der Waals surface area (Å²) in [5.41, 5.74) is 1.21. The lowest BCUT2D eigenvalue weighted by Gasteiger charge is -2.20. The van der Waals surface area contributed by atoms with E-state index < -0.39 is 0 Å². The quantitative estimate of drug-likeness (QED) is 0.717. The molecule has 0 fully saturated rings. The molecule has 0 saturated carbocycles. The summed E-state index contributed by atoms with van der Waals surface area (Å²) < 4.78 is 5.39. The molecule has 0 unspecified atom stereocenters. The molecular weight excluding hydrogens is 246 g/mol. The SMILES string of the molecule is CCc1ccc(OCC(=O)N(CCO)CCO)cc1. The van der Waals surface area contributed by atoms with Crippen LogP contribution in [-0.2, 0) is 11.2 Å². The van der Waals surface area contributed by atoms with E-state index in [1.54, 1.807) is 0 Å². The van der Waals surface area contributed by atoms with E-state index in [9.17, 15) is 4.79 Å². The van der Waals surface area contributed by atoms with Gasteiger partial charge in [-0.15, -0.1) is 0 Å². The summed E-state index contributed by atoms with van der Waals surface area (Å²) in [5.74, 6) is 0.390. The van der Waals surface area contributed by atoms with Gasteiger partial charge in [0.05, 0.1) is 13.2 Å². The van der Waals surface area contributed by atoms with Gasteiger partial charge in [0.15, 0.2) is 6.61 Å². The van der Waals surface area contributed by atoms with E-state index in [1.807, 2.05) is 24.3 Å². The highest BCUT2D eigenvalue weighted by molar-refractivity contribution is 5.77. The molecule has 0 aliphatic rings. The van der Waals surface area contributed by atoms with Crippen LogP contribution in [0, 0.1) is 0 Å². The summed E-state index contributed by atoms with van der Waals surface area (Å²) in [5, 5.41) is 17.7. The van der Waals surface area contributed by atoms with Crippen molar-refractivity contribution in [3.63, 3.8) is 0 Å². The van der Waals surface area contributed by atoms with Gasteiger partial charge >= 0.3 is 0 Å². The number of aliphatic hydroxyl groups is 2. The number of benzene rings is 1. The maximum absolute atomic E-state index is 11.8. The number of carbonyl (C=O) groups is 1. The van der Waals surface area contributed by atoms with Gasteiger partial charge in [0.2, 0.25) is 0 Å². The molecule has 0 atom stereocenters. The van der Waals surface area contributed by atoms with Crippen LogP contribution in [0.15, 0.2) is 24.3 Å². The van der Waals surface area contributed by atoms with Crippen molar-refractivity contribution in [2.24, 2.45) is 0 Å². The molecule has 1 aromatic carbocycles. The van der Waals surface area contributed by atoms with E-state index in [1.165, 1.54) is 10.5 Å². The van der Waals surface area contributed by atoms with Gasteiger partial charge in [-0.1, -0.05) is 19.1 Å². The third-order valence-electron chi connectivity index (χ3n) is 2.79. The molecule has 1 amide bonds. The zero-order valence-corrected chi connectivity index (χ0v) is 11.2. The molecule has 0 aliphatic carbocycles. The highest BCUT2D eigenvalue weighted by atomic mass is 16.5. The maximum Gasteiger partial charge on any atom is 0.260 e. The standard InChI is InChI=1S/C14H21NO4/c1-2-12-3-5-13(6-4-12)19-11-14(18)15(7-9-16)8-10-17/h3-6,16-17H,2,7-11H2,1H3. The smallest absolute Gasteiger partial charge is 0.260 e. The van der Waals surface area contributed by atoms with Crippen molar-refractivity contribution >= 4 is 5.91 Å². The second kappa shape index (κ2) is 8.50. The van der Waals surface area contributed by atoms with E-state index in [2.05, 4.69) is 6.92 Å². The molecule has 2 N–H and O–H groups in total. The molecule has 0 saturated heterocycles. The zero-order chi connectivity index (χ0) is 14.1. The number of ether oxygens (including phenoxy) is 1. The maximum atomic E-state index is 11.8. The molecule has 5 heteroatoms. The van der Waals surface area contributed by atoms with Crippen molar-refractivity contribution in [2.75, 3.05) is 32.9 Å². The number of aryl methyl sites for hydroxylation is 1. The molecule has 1 aromatic rings. The van der Waals surface area contributed by atoms with Crippen LogP contribution in [0.5, 0.6) is 5.75 Å². The Morgan fingerprint density at radius 2 is 1.74 bits per heavy atom. The van der Waals surface area contributed by atoms with Crippen LogP contribution in [0.1, 0.15) is 12.5 Å². The van der Waals surface area contributed by atoms with Gasteiger partial charge in [-0.2, -0.15) is 0 Å². The molecule has 0 radical (unpaired) electrons.